The number of nitrogens with zero attached hydrogens (tertiary/aromatic N) is 1. The number of methoxy groups -OCH3 is 2. The molecule has 6 nitrogen and oxygen atoms in total. The van der Waals surface area contributed by atoms with Gasteiger partial charge in [-0.25, -0.2) is 4.39 Å². The molecule has 3 aromatic carbocycles. The van der Waals surface area contributed by atoms with Gasteiger partial charge in [0, 0.05) is 16.3 Å². The summed E-state index contributed by atoms with van der Waals surface area (Å²) in [6, 6.07) is 13.8. The molecule has 1 amide bonds. The summed E-state index contributed by atoms with van der Waals surface area (Å²) in [5.41, 5.74) is 0.509. The van der Waals surface area contributed by atoms with Gasteiger partial charge in [0.15, 0.2) is 0 Å². The Labute approximate surface area is 204 Å². The van der Waals surface area contributed by atoms with E-state index >= 15 is 0 Å². The van der Waals surface area contributed by atoms with E-state index < -0.39 is 29.3 Å². The van der Waals surface area contributed by atoms with Gasteiger partial charge in [-0.15, -0.1) is 0 Å². The molecule has 1 unspecified atom stereocenters. The molecule has 1 aliphatic heterocycles. The van der Waals surface area contributed by atoms with E-state index in [1.54, 1.807) is 30.3 Å². The average molecular weight is 502 g/mol. The van der Waals surface area contributed by atoms with Crippen molar-refractivity contribution < 1.29 is 28.6 Å². The summed E-state index contributed by atoms with van der Waals surface area (Å²) in [5.74, 6) is -2.42. The van der Waals surface area contributed by atoms with Crippen LogP contribution in [0.25, 0.3) is 5.76 Å². The van der Waals surface area contributed by atoms with Crippen molar-refractivity contribution in [2.24, 2.45) is 0 Å². The Morgan fingerprint density at radius 1 is 0.971 bits per heavy atom. The number of carbonyl (C=O) groups excluding carboxylic acids is 2. The summed E-state index contributed by atoms with van der Waals surface area (Å²) in [7, 11) is 2.84. The average Bonchev–Trinajstić information content (AvgIpc) is 3.10. The minimum Gasteiger partial charge on any atom is -0.507 e. The maximum Gasteiger partial charge on any atom is 0.300 e. The first-order valence-electron chi connectivity index (χ1n) is 10.0. The van der Waals surface area contributed by atoms with Crippen LogP contribution in [0.5, 0.6) is 11.5 Å². The Kier molecular flexibility index (Phi) is 6.50. The van der Waals surface area contributed by atoms with E-state index in [-0.39, 0.29) is 32.6 Å². The fourth-order valence-electron chi connectivity index (χ4n) is 3.93. The molecule has 1 fully saturated rings. The zero-order chi connectivity index (χ0) is 24.6. The van der Waals surface area contributed by atoms with Gasteiger partial charge in [0.1, 0.15) is 23.1 Å². The molecule has 1 atom stereocenters. The van der Waals surface area contributed by atoms with E-state index in [0.717, 1.165) is 11.0 Å². The van der Waals surface area contributed by atoms with Crippen LogP contribution in [0.3, 0.4) is 0 Å². The molecule has 1 heterocycles. The van der Waals surface area contributed by atoms with E-state index in [2.05, 4.69) is 0 Å². The molecule has 0 bridgehead atoms. The second kappa shape index (κ2) is 9.37. The van der Waals surface area contributed by atoms with Gasteiger partial charge in [0.25, 0.3) is 11.7 Å². The molecule has 1 saturated heterocycles. The van der Waals surface area contributed by atoms with Gasteiger partial charge in [-0.05, 0) is 42.5 Å². The molecule has 0 spiro atoms. The maximum atomic E-state index is 13.8. The molecule has 3 aromatic rings. The molecule has 0 saturated carbocycles. The standard InChI is InChI=1S/C25H18Cl2FNO5/c1-33-19-6-4-3-5-15(19)22-21(23(30)16-11-13(26)7-10-20(16)34-2)24(31)25(32)29(22)14-8-9-18(28)17(27)12-14/h3-12,22,30H,1-2H3/b23-21+. The number of anilines is 1. The molecule has 174 valence electrons. The molecule has 1 aliphatic rings. The second-order valence-electron chi connectivity index (χ2n) is 7.35. The van der Waals surface area contributed by atoms with Crippen molar-refractivity contribution in [2.45, 2.75) is 6.04 Å². The normalized spacial score (nSPS) is 17.2. The summed E-state index contributed by atoms with van der Waals surface area (Å²) >= 11 is 12.1. The van der Waals surface area contributed by atoms with E-state index in [1.165, 1.54) is 38.5 Å². The third-order valence-electron chi connectivity index (χ3n) is 5.48. The van der Waals surface area contributed by atoms with E-state index in [4.69, 9.17) is 32.7 Å². The molecule has 0 radical (unpaired) electrons. The van der Waals surface area contributed by atoms with Crippen molar-refractivity contribution in [2.75, 3.05) is 19.1 Å². The minimum absolute atomic E-state index is 0.130. The highest BCUT2D eigenvalue weighted by Gasteiger charge is 2.48. The SMILES string of the molecule is COc1ccc(Cl)cc1/C(O)=C1\C(=O)C(=O)N(c2ccc(F)c(Cl)c2)C1c1ccccc1OC. The summed E-state index contributed by atoms with van der Waals surface area (Å²) in [4.78, 5) is 27.7. The van der Waals surface area contributed by atoms with Crippen LogP contribution >= 0.6 is 23.2 Å². The van der Waals surface area contributed by atoms with Gasteiger partial charge in [-0.1, -0.05) is 41.4 Å². The fourth-order valence-corrected chi connectivity index (χ4v) is 4.28. The first-order chi connectivity index (χ1) is 16.3. The summed E-state index contributed by atoms with van der Waals surface area (Å²) in [6.45, 7) is 0. The number of benzene rings is 3. The number of amides is 1. The fraction of sp³-hybridized carbons (Fsp3) is 0.120. The van der Waals surface area contributed by atoms with Crippen LogP contribution in [0.15, 0.2) is 66.2 Å². The molecule has 4 rings (SSSR count). The highest BCUT2D eigenvalue weighted by atomic mass is 35.5. The summed E-state index contributed by atoms with van der Waals surface area (Å²) in [5, 5.41) is 11.4. The minimum atomic E-state index is -1.11. The van der Waals surface area contributed by atoms with Crippen LogP contribution in [-0.4, -0.2) is 31.0 Å². The lowest BCUT2D eigenvalue weighted by atomic mass is 9.94. The van der Waals surface area contributed by atoms with Crippen LogP contribution < -0.4 is 14.4 Å². The highest BCUT2D eigenvalue weighted by Crippen LogP contribution is 2.46. The number of hydrogen-bond acceptors (Lipinski definition) is 5. The third-order valence-corrected chi connectivity index (χ3v) is 6.00. The van der Waals surface area contributed by atoms with Crippen molar-refractivity contribution in [1.82, 2.24) is 0 Å². The Bertz CT molecular complexity index is 1340. The van der Waals surface area contributed by atoms with Crippen molar-refractivity contribution in [3.8, 4) is 11.5 Å². The lowest BCUT2D eigenvalue weighted by Crippen LogP contribution is -2.29. The Balaban J connectivity index is 2.03. The van der Waals surface area contributed by atoms with Crippen LogP contribution in [0.2, 0.25) is 10.0 Å². The molecular weight excluding hydrogens is 484 g/mol. The van der Waals surface area contributed by atoms with Gasteiger partial charge >= 0.3 is 0 Å². The van der Waals surface area contributed by atoms with Crippen LogP contribution in [0, 0.1) is 5.82 Å². The number of ketones is 1. The largest absolute Gasteiger partial charge is 0.507 e. The molecule has 34 heavy (non-hydrogen) atoms. The van der Waals surface area contributed by atoms with Crippen LogP contribution in [0.4, 0.5) is 10.1 Å². The lowest BCUT2D eigenvalue weighted by molar-refractivity contribution is -0.132. The number of rotatable bonds is 5. The number of para-hydroxylation sites is 1. The van der Waals surface area contributed by atoms with Crippen molar-refractivity contribution in [1.29, 1.82) is 0 Å². The topological polar surface area (TPSA) is 76.1 Å². The lowest BCUT2D eigenvalue weighted by Gasteiger charge is -2.27. The van der Waals surface area contributed by atoms with Crippen LogP contribution in [-0.2, 0) is 9.59 Å². The first kappa shape index (κ1) is 23.6. The first-order valence-corrected chi connectivity index (χ1v) is 10.8. The van der Waals surface area contributed by atoms with Crippen molar-refractivity contribution in [3.05, 3.63) is 93.2 Å². The van der Waals surface area contributed by atoms with Gasteiger partial charge in [0.2, 0.25) is 0 Å². The Morgan fingerprint density at radius 3 is 2.35 bits per heavy atom. The number of aliphatic hydroxyl groups excluding tert-OH is 1. The quantitative estimate of drug-likeness (QED) is 0.272. The van der Waals surface area contributed by atoms with Crippen molar-refractivity contribution >= 4 is 46.3 Å². The molecular formula is C25H18Cl2FNO5. The third kappa shape index (κ3) is 3.97. The van der Waals surface area contributed by atoms with Gasteiger partial charge < -0.3 is 14.6 Å². The Morgan fingerprint density at radius 2 is 1.68 bits per heavy atom. The monoisotopic (exact) mass is 501 g/mol. The number of ether oxygens (including phenoxy) is 2. The van der Waals surface area contributed by atoms with Crippen LogP contribution in [0.1, 0.15) is 17.2 Å². The predicted octanol–water partition coefficient (Wildman–Crippen LogP) is 5.78. The zero-order valence-electron chi connectivity index (χ0n) is 18.0. The number of Topliss-reactive ketones (excluding diaryl/α,β-unsaturated/α-hetero) is 1. The van der Waals surface area contributed by atoms with E-state index in [0.29, 0.717) is 11.3 Å². The van der Waals surface area contributed by atoms with E-state index in [9.17, 15) is 19.1 Å². The number of hydrogen-bond donors (Lipinski definition) is 1. The van der Waals surface area contributed by atoms with Gasteiger partial charge in [0.05, 0.1) is 36.4 Å². The number of carbonyl (C=O) groups is 2. The predicted molar refractivity (Wildman–Crippen MR) is 127 cm³/mol. The summed E-state index contributed by atoms with van der Waals surface area (Å²) in [6.07, 6.45) is 0. The molecule has 9 heteroatoms. The molecule has 0 aromatic heterocycles. The van der Waals surface area contributed by atoms with Gasteiger partial charge in [-0.2, -0.15) is 0 Å². The Hall–Kier alpha value is -3.55. The molecule has 0 aliphatic carbocycles. The summed E-state index contributed by atoms with van der Waals surface area (Å²) < 4.78 is 24.6. The maximum absolute atomic E-state index is 13.8. The second-order valence-corrected chi connectivity index (χ2v) is 8.20. The smallest absolute Gasteiger partial charge is 0.300 e. The highest BCUT2D eigenvalue weighted by molar-refractivity contribution is 6.52. The molecule has 1 N–H and O–H groups in total. The zero-order valence-corrected chi connectivity index (χ0v) is 19.5. The van der Waals surface area contributed by atoms with E-state index in [1.807, 2.05) is 0 Å². The number of aliphatic hydroxyl groups is 1. The number of halogens is 3. The van der Waals surface area contributed by atoms with Gasteiger partial charge in [-0.3, -0.25) is 14.5 Å². The van der Waals surface area contributed by atoms with Crippen molar-refractivity contribution in [3.63, 3.8) is 0 Å².